The summed E-state index contributed by atoms with van der Waals surface area (Å²) in [5.41, 5.74) is 6.09. The van der Waals surface area contributed by atoms with Gasteiger partial charge in [-0.25, -0.2) is 4.39 Å². The monoisotopic (exact) mass is 197 g/mol. The Morgan fingerprint density at radius 2 is 2.07 bits per heavy atom. The van der Waals surface area contributed by atoms with Crippen LogP contribution in [-0.4, -0.2) is 19.6 Å². The van der Waals surface area contributed by atoms with Crippen LogP contribution in [0.3, 0.4) is 0 Å². The van der Waals surface area contributed by atoms with E-state index in [1.165, 1.54) is 31.4 Å². The van der Waals surface area contributed by atoms with Crippen LogP contribution in [0.4, 0.5) is 4.39 Å². The number of esters is 1. The zero-order valence-corrected chi connectivity index (χ0v) is 7.87. The van der Waals surface area contributed by atoms with Gasteiger partial charge in [-0.05, 0) is 17.7 Å². The topological polar surface area (TPSA) is 52.3 Å². The first kappa shape index (κ1) is 10.7. The normalized spacial score (nSPS) is 12.2. The molecule has 0 aliphatic rings. The van der Waals surface area contributed by atoms with Crippen LogP contribution >= 0.6 is 0 Å². The number of benzene rings is 1. The van der Waals surface area contributed by atoms with Gasteiger partial charge in [0.25, 0.3) is 0 Å². The summed E-state index contributed by atoms with van der Waals surface area (Å²) in [6.07, 6.45) is 0. The Kier molecular flexibility index (Phi) is 3.59. The molecule has 0 bridgehead atoms. The summed E-state index contributed by atoms with van der Waals surface area (Å²) in [6, 6.07) is 5.65. The van der Waals surface area contributed by atoms with Crippen molar-refractivity contribution in [2.45, 2.75) is 5.92 Å². The summed E-state index contributed by atoms with van der Waals surface area (Å²) in [5, 5.41) is 0. The van der Waals surface area contributed by atoms with Crippen LogP contribution in [0.25, 0.3) is 0 Å². The molecule has 0 unspecified atom stereocenters. The molecule has 0 radical (unpaired) electrons. The molecule has 3 nitrogen and oxygen atoms in total. The third-order valence-electron chi connectivity index (χ3n) is 1.99. The quantitative estimate of drug-likeness (QED) is 0.736. The molecule has 0 fully saturated rings. The van der Waals surface area contributed by atoms with Crippen molar-refractivity contribution in [2.24, 2.45) is 5.73 Å². The van der Waals surface area contributed by atoms with Gasteiger partial charge in [0.15, 0.2) is 0 Å². The molecule has 0 aliphatic carbocycles. The summed E-state index contributed by atoms with van der Waals surface area (Å²) in [7, 11) is 1.30. The van der Waals surface area contributed by atoms with Gasteiger partial charge in [0.1, 0.15) is 5.82 Å². The van der Waals surface area contributed by atoms with E-state index in [0.717, 1.165) is 0 Å². The van der Waals surface area contributed by atoms with Crippen LogP contribution in [0, 0.1) is 5.82 Å². The summed E-state index contributed by atoms with van der Waals surface area (Å²) < 4.78 is 17.2. The number of nitrogens with two attached hydrogens (primary N) is 1. The van der Waals surface area contributed by atoms with Crippen molar-refractivity contribution in [1.29, 1.82) is 0 Å². The fourth-order valence-electron chi connectivity index (χ4n) is 1.21. The smallest absolute Gasteiger partial charge is 0.314 e. The molecule has 14 heavy (non-hydrogen) atoms. The molecule has 1 rings (SSSR count). The molecule has 0 heterocycles. The highest BCUT2D eigenvalue weighted by atomic mass is 19.1. The standard InChI is InChI=1S/C10H12FNO2/c1-14-10(13)9(6-12)7-2-4-8(11)5-3-7/h2-5,9H,6,12H2,1H3/t9-/m0/s1. The summed E-state index contributed by atoms with van der Waals surface area (Å²) in [5.74, 6) is -1.26. The predicted molar refractivity (Wildman–Crippen MR) is 50.2 cm³/mol. The molecule has 0 saturated carbocycles. The highest BCUT2D eigenvalue weighted by Crippen LogP contribution is 2.16. The Morgan fingerprint density at radius 3 is 2.50 bits per heavy atom. The molecular formula is C10H12FNO2. The predicted octanol–water partition coefficient (Wildman–Crippen LogP) is 1.04. The minimum Gasteiger partial charge on any atom is -0.469 e. The van der Waals surface area contributed by atoms with Gasteiger partial charge in [0.2, 0.25) is 0 Å². The number of methoxy groups -OCH3 is 1. The SMILES string of the molecule is COC(=O)[C@@H](CN)c1ccc(F)cc1. The molecule has 2 N–H and O–H groups in total. The highest BCUT2D eigenvalue weighted by Gasteiger charge is 2.19. The van der Waals surface area contributed by atoms with Crippen molar-refractivity contribution in [3.63, 3.8) is 0 Å². The van der Waals surface area contributed by atoms with Crippen molar-refractivity contribution in [3.8, 4) is 0 Å². The second-order valence-corrected chi connectivity index (χ2v) is 2.86. The maximum Gasteiger partial charge on any atom is 0.314 e. The van der Waals surface area contributed by atoms with Gasteiger partial charge in [-0.1, -0.05) is 12.1 Å². The van der Waals surface area contributed by atoms with Gasteiger partial charge in [-0.15, -0.1) is 0 Å². The summed E-state index contributed by atoms with van der Waals surface area (Å²) in [6.45, 7) is 0.151. The lowest BCUT2D eigenvalue weighted by atomic mass is 9.99. The van der Waals surface area contributed by atoms with Gasteiger partial charge in [0.05, 0.1) is 13.0 Å². The lowest BCUT2D eigenvalue weighted by molar-refractivity contribution is -0.142. The van der Waals surface area contributed by atoms with E-state index in [1.807, 2.05) is 0 Å². The molecule has 4 heteroatoms. The van der Waals surface area contributed by atoms with Crippen molar-refractivity contribution in [2.75, 3.05) is 13.7 Å². The molecule has 0 saturated heterocycles. The van der Waals surface area contributed by atoms with E-state index >= 15 is 0 Å². The fourth-order valence-corrected chi connectivity index (χ4v) is 1.21. The van der Waals surface area contributed by atoms with Crippen molar-refractivity contribution in [1.82, 2.24) is 0 Å². The number of carbonyl (C=O) groups excluding carboxylic acids is 1. The highest BCUT2D eigenvalue weighted by molar-refractivity contribution is 5.78. The van der Waals surface area contributed by atoms with E-state index in [0.29, 0.717) is 5.56 Å². The number of carbonyl (C=O) groups is 1. The third kappa shape index (κ3) is 2.29. The summed E-state index contributed by atoms with van der Waals surface area (Å²) >= 11 is 0. The Bertz CT molecular complexity index is 310. The van der Waals surface area contributed by atoms with E-state index in [4.69, 9.17) is 5.73 Å². The van der Waals surface area contributed by atoms with Crippen molar-refractivity contribution in [3.05, 3.63) is 35.6 Å². The maximum atomic E-state index is 12.6. The first-order chi connectivity index (χ1) is 6.69. The van der Waals surface area contributed by atoms with Gasteiger partial charge >= 0.3 is 5.97 Å². The third-order valence-corrected chi connectivity index (χ3v) is 1.99. The van der Waals surface area contributed by atoms with Crippen LogP contribution in [0.1, 0.15) is 11.5 Å². The zero-order chi connectivity index (χ0) is 10.6. The number of hydrogen-bond donors (Lipinski definition) is 1. The van der Waals surface area contributed by atoms with Gasteiger partial charge < -0.3 is 10.5 Å². The maximum absolute atomic E-state index is 12.6. The summed E-state index contributed by atoms with van der Waals surface area (Å²) in [4.78, 5) is 11.2. The van der Waals surface area contributed by atoms with Crippen LogP contribution in [0.2, 0.25) is 0 Å². The lowest BCUT2D eigenvalue weighted by Gasteiger charge is -2.11. The number of halogens is 1. The molecule has 0 spiro atoms. The Labute approximate surface area is 81.7 Å². The molecule has 1 aromatic rings. The average molecular weight is 197 g/mol. The molecule has 0 aliphatic heterocycles. The molecular weight excluding hydrogens is 185 g/mol. The van der Waals surface area contributed by atoms with E-state index in [1.54, 1.807) is 0 Å². The van der Waals surface area contributed by atoms with E-state index in [-0.39, 0.29) is 12.4 Å². The minimum atomic E-state index is -0.513. The first-order valence-corrected chi connectivity index (χ1v) is 4.22. The van der Waals surface area contributed by atoms with Crippen LogP contribution < -0.4 is 5.73 Å². The molecule has 0 amide bonds. The van der Waals surface area contributed by atoms with Crippen LogP contribution in [0.5, 0.6) is 0 Å². The van der Waals surface area contributed by atoms with Crippen molar-refractivity contribution >= 4 is 5.97 Å². The van der Waals surface area contributed by atoms with E-state index < -0.39 is 11.9 Å². The zero-order valence-electron chi connectivity index (χ0n) is 7.87. The van der Waals surface area contributed by atoms with Gasteiger partial charge in [-0.3, -0.25) is 4.79 Å². The Morgan fingerprint density at radius 1 is 1.50 bits per heavy atom. The van der Waals surface area contributed by atoms with Crippen molar-refractivity contribution < 1.29 is 13.9 Å². The van der Waals surface area contributed by atoms with Crippen LogP contribution in [-0.2, 0) is 9.53 Å². The van der Waals surface area contributed by atoms with Crippen LogP contribution in [0.15, 0.2) is 24.3 Å². The molecule has 1 atom stereocenters. The van der Waals surface area contributed by atoms with Gasteiger partial charge in [-0.2, -0.15) is 0 Å². The van der Waals surface area contributed by atoms with Gasteiger partial charge in [0, 0.05) is 6.54 Å². The largest absolute Gasteiger partial charge is 0.469 e. The average Bonchev–Trinajstić information content (AvgIpc) is 2.21. The number of rotatable bonds is 3. The van der Waals surface area contributed by atoms with E-state index in [9.17, 15) is 9.18 Å². The second-order valence-electron chi connectivity index (χ2n) is 2.86. The Hall–Kier alpha value is -1.42. The Balaban J connectivity index is 2.89. The first-order valence-electron chi connectivity index (χ1n) is 4.22. The number of hydrogen-bond acceptors (Lipinski definition) is 3. The minimum absolute atomic E-state index is 0.151. The molecule has 0 aromatic heterocycles. The fraction of sp³-hybridized carbons (Fsp3) is 0.300. The molecule has 1 aromatic carbocycles. The van der Waals surface area contributed by atoms with E-state index in [2.05, 4.69) is 4.74 Å². The second kappa shape index (κ2) is 4.72. The number of ether oxygens (including phenoxy) is 1. The molecule has 76 valence electrons. The lowest BCUT2D eigenvalue weighted by Crippen LogP contribution is -2.22.